The fourth-order valence-electron chi connectivity index (χ4n) is 0.431. The Hall–Kier alpha value is -0.920. The molecule has 0 rings (SSSR count). The number of hydrogen-bond donors (Lipinski definition) is 2. The van der Waals surface area contributed by atoms with Gasteiger partial charge in [-0.25, -0.2) is 0 Å². The molecule has 46 valence electrons. The summed E-state index contributed by atoms with van der Waals surface area (Å²) in [6.07, 6.45) is 1.56. The third-order valence-corrected chi connectivity index (χ3v) is 0.863. The van der Waals surface area contributed by atoms with E-state index < -0.39 is 0 Å². The zero-order valence-electron chi connectivity index (χ0n) is 5.23. The Labute approximate surface area is 49.5 Å². The first-order valence-corrected chi connectivity index (χ1v) is 2.42. The van der Waals surface area contributed by atoms with E-state index in [1.54, 1.807) is 20.0 Å². The van der Waals surface area contributed by atoms with Gasteiger partial charge in [0, 0.05) is 7.05 Å². The molecular weight excluding hydrogens is 102 g/mol. The molecule has 0 bridgehead atoms. The maximum Gasteiger partial charge on any atom is 0.112 e. The van der Waals surface area contributed by atoms with Crippen molar-refractivity contribution in [2.45, 2.75) is 6.92 Å². The second-order valence-corrected chi connectivity index (χ2v) is 1.45. The monoisotopic (exact) mass is 113 g/mol. The minimum absolute atomic E-state index is 0.266. The number of hydrogen-bond acceptors (Lipinski definition) is 2. The fraction of sp³-hybridized carbons (Fsp3) is 0.333. The predicted molar refractivity (Wildman–Crippen MR) is 34.6 cm³/mol. The highest BCUT2D eigenvalue weighted by Gasteiger charge is 1.88. The average molecular weight is 113 g/mol. The molecule has 0 spiro atoms. The number of aliphatic hydroxyl groups excluding tert-OH is 1. The molecule has 8 heavy (non-hydrogen) atoms. The highest BCUT2D eigenvalue weighted by atomic mass is 16.3. The van der Waals surface area contributed by atoms with Gasteiger partial charge in [-0.05, 0) is 13.0 Å². The Kier molecular flexibility index (Phi) is 2.77. The summed E-state index contributed by atoms with van der Waals surface area (Å²) in [4.78, 5) is 0. The van der Waals surface area contributed by atoms with Crippen LogP contribution in [-0.4, -0.2) is 12.2 Å². The third kappa shape index (κ3) is 1.69. The van der Waals surface area contributed by atoms with E-state index in [9.17, 15) is 0 Å². The summed E-state index contributed by atoms with van der Waals surface area (Å²) in [5.41, 5.74) is 0.671. The quantitative estimate of drug-likeness (QED) is 0.416. The molecule has 0 aromatic rings. The molecule has 0 radical (unpaired) electrons. The Morgan fingerprint density at radius 1 is 1.75 bits per heavy atom. The molecule has 0 aromatic heterocycles. The van der Waals surface area contributed by atoms with Crippen LogP contribution >= 0.6 is 0 Å². The van der Waals surface area contributed by atoms with Crippen molar-refractivity contribution < 1.29 is 5.11 Å². The van der Waals surface area contributed by atoms with E-state index >= 15 is 0 Å². The van der Waals surface area contributed by atoms with E-state index in [-0.39, 0.29) is 5.76 Å². The maximum atomic E-state index is 8.76. The smallest absolute Gasteiger partial charge is 0.112 e. The van der Waals surface area contributed by atoms with Gasteiger partial charge in [-0.3, -0.25) is 0 Å². The molecule has 0 saturated carbocycles. The molecule has 0 aliphatic heterocycles. The van der Waals surface area contributed by atoms with Gasteiger partial charge in [0.05, 0.1) is 5.70 Å². The van der Waals surface area contributed by atoms with Crippen LogP contribution in [-0.2, 0) is 0 Å². The van der Waals surface area contributed by atoms with Crippen LogP contribution in [0.25, 0.3) is 0 Å². The molecule has 0 fully saturated rings. The van der Waals surface area contributed by atoms with Gasteiger partial charge in [-0.1, -0.05) is 6.58 Å². The van der Waals surface area contributed by atoms with E-state index in [2.05, 4.69) is 11.9 Å². The lowest BCUT2D eigenvalue weighted by molar-refractivity contribution is 0.405. The Morgan fingerprint density at radius 3 is 2.25 bits per heavy atom. The SMILES string of the molecule is C=C/C(NC)=C(\C)O. The van der Waals surface area contributed by atoms with E-state index in [1.807, 2.05) is 0 Å². The second-order valence-electron chi connectivity index (χ2n) is 1.45. The van der Waals surface area contributed by atoms with Crippen LogP contribution in [0, 0.1) is 0 Å². The molecule has 2 N–H and O–H groups in total. The van der Waals surface area contributed by atoms with Crippen molar-refractivity contribution in [2.75, 3.05) is 7.05 Å². The Bertz CT molecular complexity index is 112. The normalized spacial score (nSPS) is 12.2. The van der Waals surface area contributed by atoms with Crippen molar-refractivity contribution in [2.24, 2.45) is 0 Å². The summed E-state index contributed by atoms with van der Waals surface area (Å²) in [6.45, 7) is 5.08. The average Bonchev–Trinajstić information content (AvgIpc) is 1.69. The molecule has 2 heteroatoms. The van der Waals surface area contributed by atoms with Crippen molar-refractivity contribution in [3.63, 3.8) is 0 Å². The number of allylic oxidation sites excluding steroid dienone is 2. The molecule has 0 saturated heterocycles. The van der Waals surface area contributed by atoms with Crippen molar-refractivity contribution >= 4 is 0 Å². The first-order valence-electron chi connectivity index (χ1n) is 2.42. The minimum atomic E-state index is 0.266. The van der Waals surface area contributed by atoms with E-state index in [0.717, 1.165) is 0 Å². The van der Waals surface area contributed by atoms with E-state index in [1.165, 1.54) is 0 Å². The van der Waals surface area contributed by atoms with Crippen molar-refractivity contribution in [3.05, 3.63) is 24.1 Å². The molecule has 2 nitrogen and oxygen atoms in total. The van der Waals surface area contributed by atoms with Gasteiger partial charge in [0.15, 0.2) is 0 Å². The number of rotatable bonds is 2. The third-order valence-electron chi connectivity index (χ3n) is 0.863. The van der Waals surface area contributed by atoms with Crippen LogP contribution in [0.4, 0.5) is 0 Å². The van der Waals surface area contributed by atoms with Crippen molar-refractivity contribution in [1.29, 1.82) is 0 Å². The van der Waals surface area contributed by atoms with Gasteiger partial charge in [0.1, 0.15) is 5.76 Å². The van der Waals surface area contributed by atoms with Crippen LogP contribution < -0.4 is 5.32 Å². The van der Waals surface area contributed by atoms with Crippen molar-refractivity contribution in [1.82, 2.24) is 5.32 Å². The molecule has 0 amide bonds. The molecule has 0 aliphatic rings. The lowest BCUT2D eigenvalue weighted by atomic mass is 10.4. The molecule has 0 atom stereocenters. The molecule has 0 aliphatic carbocycles. The summed E-state index contributed by atoms with van der Waals surface area (Å²) in [5, 5.41) is 11.5. The number of nitrogens with one attached hydrogen (secondary N) is 1. The Balaban J connectivity index is 4.07. The second kappa shape index (κ2) is 3.13. The zero-order chi connectivity index (χ0) is 6.57. The van der Waals surface area contributed by atoms with Crippen LogP contribution in [0.5, 0.6) is 0 Å². The van der Waals surface area contributed by atoms with Gasteiger partial charge in [-0.2, -0.15) is 0 Å². The van der Waals surface area contributed by atoms with Gasteiger partial charge in [0.25, 0.3) is 0 Å². The summed E-state index contributed by atoms with van der Waals surface area (Å²) >= 11 is 0. The fourth-order valence-corrected chi connectivity index (χ4v) is 0.431. The van der Waals surface area contributed by atoms with E-state index in [0.29, 0.717) is 5.70 Å². The molecule has 0 heterocycles. The first kappa shape index (κ1) is 7.08. The number of aliphatic hydroxyl groups is 1. The zero-order valence-corrected chi connectivity index (χ0v) is 5.23. The Morgan fingerprint density at radius 2 is 2.25 bits per heavy atom. The van der Waals surface area contributed by atoms with Crippen LogP contribution in [0.3, 0.4) is 0 Å². The summed E-state index contributed by atoms with van der Waals surface area (Å²) in [6, 6.07) is 0. The topological polar surface area (TPSA) is 32.3 Å². The molecular formula is C6H11NO. The predicted octanol–water partition coefficient (Wildman–Crippen LogP) is 1.18. The van der Waals surface area contributed by atoms with Gasteiger partial charge in [-0.15, -0.1) is 0 Å². The van der Waals surface area contributed by atoms with Gasteiger partial charge < -0.3 is 10.4 Å². The summed E-state index contributed by atoms with van der Waals surface area (Å²) in [5.74, 6) is 0.266. The highest BCUT2D eigenvalue weighted by Crippen LogP contribution is 1.94. The van der Waals surface area contributed by atoms with Crippen LogP contribution in [0.2, 0.25) is 0 Å². The van der Waals surface area contributed by atoms with Gasteiger partial charge >= 0.3 is 0 Å². The van der Waals surface area contributed by atoms with Crippen LogP contribution in [0.1, 0.15) is 6.92 Å². The maximum absolute atomic E-state index is 8.76. The lowest BCUT2D eigenvalue weighted by Crippen LogP contribution is -2.04. The van der Waals surface area contributed by atoms with Gasteiger partial charge in [0.2, 0.25) is 0 Å². The first-order chi connectivity index (χ1) is 3.72. The largest absolute Gasteiger partial charge is 0.510 e. The highest BCUT2D eigenvalue weighted by molar-refractivity contribution is 5.15. The van der Waals surface area contributed by atoms with E-state index in [4.69, 9.17) is 5.11 Å². The van der Waals surface area contributed by atoms with Crippen molar-refractivity contribution in [3.8, 4) is 0 Å². The summed E-state index contributed by atoms with van der Waals surface area (Å²) < 4.78 is 0. The molecule has 0 aromatic carbocycles. The summed E-state index contributed by atoms with van der Waals surface area (Å²) in [7, 11) is 1.73. The molecule has 0 unspecified atom stereocenters. The minimum Gasteiger partial charge on any atom is -0.510 e. The number of likely N-dealkylation sites (N-methyl/N-ethyl adjacent to an activating group) is 1. The standard InChI is InChI=1S/C6H11NO/c1-4-6(7-3)5(2)8/h4,7-8H,1H2,2-3H3/b6-5-. The lowest BCUT2D eigenvalue weighted by Gasteiger charge is -1.98. The van der Waals surface area contributed by atoms with Crippen LogP contribution in [0.15, 0.2) is 24.1 Å².